The number of anilines is 1. The highest BCUT2D eigenvalue weighted by Crippen LogP contribution is 2.30. The van der Waals surface area contributed by atoms with E-state index in [-0.39, 0.29) is 0 Å². The molecular formula is C17H20N4O. The van der Waals surface area contributed by atoms with Crippen LogP contribution in [0, 0.1) is 0 Å². The predicted octanol–water partition coefficient (Wildman–Crippen LogP) is 4.06. The standard InChI is InChI=1S/C17H20N4O/c1-3-5-11-18-17-16-15(19-13(4-2)20-17)14(21-22-16)12-9-7-6-8-10-12/h6-10H,3-5,11H2,1-2H3,(H,18,19,20). The van der Waals surface area contributed by atoms with Gasteiger partial charge in [0.05, 0.1) is 0 Å². The molecule has 0 saturated carbocycles. The molecule has 0 aliphatic rings. The number of rotatable bonds is 6. The first-order valence-electron chi connectivity index (χ1n) is 7.79. The summed E-state index contributed by atoms with van der Waals surface area (Å²) >= 11 is 0. The number of hydrogen-bond donors (Lipinski definition) is 1. The number of aromatic nitrogens is 3. The third kappa shape index (κ3) is 2.79. The Morgan fingerprint density at radius 2 is 1.91 bits per heavy atom. The van der Waals surface area contributed by atoms with Gasteiger partial charge in [-0.25, -0.2) is 9.97 Å². The van der Waals surface area contributed by atoms with Crippen LogP contribution >= 0.6 is 0 Å². The molecule has 2 aromatic heterocycles. The Morgan fingerprint density at radius 3 is 2.64 bits per heavy atom. The molecule has 22 heavy (non-hydrogen) atoms. The summed E-state index contributed by atoms with van der Waals surface area (Å²) in [5.74, 6) is 1.54. The molecule has 3 rings (SSSR count). The Bertz CT molecular complexity index is 752. The van der Waals surface area contributed by atoms with Crippen molar-refractivity contribution in [3.05, 3.63) is 36.2 Å². The summed E-state index contributed by atoms with van der Waals surface area (Å²) in [6.45, 7) is 5.08. The zero-order valence-corrected chi connectivity index (χ0v) is 13.0. The second-order valence-electron chi connectivity index (χ2n) is 5.20. The van der Waals surface area contributed by atoms with Crippen molar-refractivity contribution < 1.29 is 4.52 Å². The molecule has 0 fully saturated rings. The molecule has 0 aliphatic carbocycles. The molecule has 1 aromatic carbocycles. The first-order chi connectivity index (χ1) is 10.8. The van der Waals surface area contributed by atoms with E-state index >= 15 is 0 Å². The lowest BCUT2D eigenvalue weighted by atomic mass is 10.1. The van der Waals surface area contributed by atoms with E-state index in [1.807, 2.05) is 37.3 Å². The Morgan fingerprint density at radius 1 is 1.09 bits per heavy atom. The van der Waals surface area contributed by atoms with Crippen LogP contribution in [0.3, 0.4) is 0 Å². The zero-order valence-electron chi connectivity index (χ0n) is 13.0. The lowest BCUT2D eigenvalue weighted by Gasteiger charge is -2.06. The highest BCUT2D eigenvalue weighted by atomic mass is 16.5. The minimum Gasteiger partial charge on any atom is -0.367 e. The molecule has 2 heterocycles. The van der Waals surface area contributed by atoms with Crippen LogP contribution in [0.25, 0.3) is 22.4 Å². The van der Waals surface area contributed by atoms with Crippen molar-refractivity contribution in [3.8, 4) is 11.3 Å². The van der Waals surface area contributed by atoms with Crippen molar-refractivity contribution in [2.45, 2.75) is 33.1 Å². The SMILES string of the molecule is CCCCNc1nc(CC)nc2c(-c3ccccc3)noc12. The van der Waals surface area contributed by atoms with Crippen molar-refractivity contribution >= 4 is 16.9 Å². The summed E-state index contributed by atoms with van der Waals surface area (Å²) in [6, 6.07) is 9.97. The zero-order chi connectivity index (χ0) is 15.4. The third-order valence-corrected chi connectivity index (χ3v) is 3.55. The van der Waals surface area contributed by atoms with Gasteiger partial charge in [0.1, 0.15) is 17.0 Å². The maximum absolute atomic E-state index is 5.53. The number of fused-ring (bicyclic) bond motifs is 1. The number of unbranched alkanes of at least 4 members (excludes halogenated alkanes) is 1. The molecule has 1 N–H and O–H groups in total. The molecular weight excluding hydrogens is 276 g/mol. The molecule has 0 saturated heterocycles. The highest BCUT2D eigenvalue weighted by molar-refractivity contribution is 5.93. The van der Waals surface area contributed by atoms with Crippen LogP contribution in [0.2, 0.25) is 0 Å². The number of nitrogens with one attached hydrogen (secondary N) is 1. The molecule has 0 amide bonds. The smallest absolute Gasteiger partial charge is 0.228 e. The summed E-state index contributed by atoms with van der Waals surface area (Å²) in [6.07, 6.45) is 3.00. The number of aryl methyl sites for hydroxylation is 1. The van der Waals surface area contributed by atoms with E-state index in [1.54, 1.807) is 0 Å². The van der Waals surface area contributed by atoms with Crippen molar-refractivity contribution in [2.24, 2.45) is 0 Å². The van der Waals surface area contributed by atoms with Crippen LogP contribution in [-0.2, 0) is 6.42 Å². The molecule has 0 unspecified atom stereocenters. The fraction of sp³-hybridized carbons (Fsp3) is 0.353. The first kappa shape index (κ1) is 14.5. The number of benzene rings is 1. The highest BCUT2D eigenvalue weighted by Gasteiger charge is 2.17. The molecule has 5 heteroatoms. The van der Waals surface area contributed by atoms with E-state index in [9.17, 15) is 0 Å². The number of nitrogens with zero attached hydrogens (tertiary/aromatic N) is 3. The van der Waals surface area contributed by atoms with Crippen molar-refractivity contribution in [1.82, 2.24) is 15.1 Å². The van der Waals surface area contributed by atoms with Crippen molar-refractivity contribution in [2.75, 3.05) is 11.9 Å². The maximum atomic E-state index is 5.53. The first-order valence-corrected chi connectivity index (χ1v) is 7.79. The Labute approximate surface area is 129 Å². The Balaban J connectivity index is 2.08. The van der Waals surface area contributed by atoms with Gasteiger partial charge in [0, 0.05) is 18.5 Å². The summed E-state index contributed by atoms with van der Waals surface area (Å²) in [4.78, 5) is 9.15. The van der Waals surface area contributed by atoms with Crippen LogP contribution in [0.5, 0.6) is 0 Å². The van der Waals surface area contributed by atoms with Gasteiger partial charge in [-0.2, -0.15) is 0 Å². The van der Waals surface area contributed by atoms with Gasteiger partial charge in [-0.3, -0.25) is 0 Å². The Kier molecular flexibility index (Phi) is 4.32. The summed E-state index contributed by atoms with van der Waals surface area (Å²) in [5, 5.41) is 7.56. The van der Waals surface area contributed by atoms with Gasteiger partial charge in [-0.05, 0) is 6.42 Å². The molecule has 0 spiro atoms. The minimum atomic E-state index is 0.632. The van der Waals surface area contributed by atoms with E-state index in [0.717, 1.165) is 54.2 Å². The van der Waals surface area contributed by atoms with Crippen LogP contribution in [0.4, 0.5) is 5.82 Å². The largest absolute Gasteiger partial charge is 0.367 e. The van der Waals surface area contributed by atoms with Crippen LogP contribution in [-0.4, -0.2) is 21.7 Å². The second kappa shape index (κ2) is 6.56. The van der Waals surface area contributed by atoms with E-state index in [4.69, 9.17) is 4.52 Å². The third-order valence-electron chi connectivity index (χ3n) is 3.55. The van der Waals surface area contributed by atoms with E-state index in [1.165, 1.54) is 0 Å². The average Bonchev–Trinajstić information content (AvgIpc) is 2.99. The van der Waals surface area contributed by atoms with Gasteiger partial charge in [-0.1, -0.05) is 55.8 Å². The minimum absolute atomic E-state index is 0.632. The lowest BCUT2D eigenvalue weighted by Crippen LogP contribution is -2.06. The topological polar surface area (TPSA) is 63.8 Å². The normalized spacial score (nSPS) is 11.0. The summed E-state index contributed by atoms with van der Waals surface area (Å²) < 4.78 is 5.53. The Hall–Kier alpha value is -2.43. The van der Waals surface area contributed by atoms with Gasteiger partial charge in [0.15, 0.2) is 5.82 Å². The monoisotopic (exact) mass is 296 g/mol. The lowest BCUT2D eigenvalue weighted by molar-refractivity contribution is 0.459. The van der Waals surface area contributed by atoms with Gasteiger partial charge >= 0.3 is 0 Å². The molecule has 0 bridgehead atoms. The molecule has 0 radical (unpaired) electrons. The van der Waals surface area contributed by atoms with Gasteiger partial charge in [0.2, 0.25) is 5.58 Å². The predicted molar refractivity (Wildman–Crippen MR) is 87.8 cm³/mol. The average molecular weight is 296 g/mol. The second-order valence-corrected chi connectivity index (χ2v) is 5.20. The summed E-state index contributed by atoms with van der Waals surface area (Å²) in [7, 11) is 0. The number of hydrogen-bond acceptors (Lipinski definition) is 5. The molecule has 0 aliphatic heterocycles. The van der Waals surface area contributed by atoms with E-state index in [0.29, 0.717) is 5.58 Å². The van der Waals surface area contributed by atoms with Gasteiger partial charge in [0.25, 0.3) is 0 Å². The van der Waals surface area contributed by atoms with Crippen LogP contribution in [0.1, 0.15) is 32.5 Å². The van der Waals surface area contributed by atoms with Crippen LogP contribution in [0.15, 0.2) is 34.9 Å². The maximum Gasteiger partial charge on any atom is 0.228 e. The summed E-state index contributed by atoms with van der Waals surface area (Å²) in [5.41, 5.74) is 3.18. The molecule has 3 aromatic rings. The quantitative estimate of drug-likeness (QED) is 0.695. The molecule has 0 atom stereocenters. The molecule has 5 nitrogen and oxygen atoms in total. The van der Waals surface area contributed by atoms with Gasteiger partial charge < -0.3 is 9.84 Å². The van der Waals surface area contributed by atoms with E-state index in [2.05, 4.69) is 27.4 Å². The van der Waals surface area contributed by atoms with Gasteiger partial charge in [-0.15, -0.1) is 0 Å². The van der Waals surface area contributed by atoms with Crippen molar-refractivity contribution in [3.63, 3.8) is 0 Å². The molecule has 114 valence electrons. The van der Waals surface area contributed by atoms with E-state index < -0.39 is 0 Å². The van der Waals surface area contributed by atoms with Crippen LogP contribution < -0.4 is 5.32 Å². The van der Waals surface area contributed by atoms with Crippen molar-refractivity contribution in [1.29, 1.82) is 0 Å². The fourth-order valence-corrected chi connectivity index (χ4v) is 2.33. The fourth-order valence-electron chi connectivity index (χ4n) is 2.33.